The summed E-state index contributed by atoms with van der Waals surface area (Å²) < 4.78 is 29.9. The van der Waals surface area contributed by atoms with E-state index in [-0.39, 0.29) is 5.82 Å². The number of ether oxygens (including phenoxy) is 3. The predicted octanol–water partition coefficient (Wildman–Crippen LogP) is 3.83. The van der Waals surface area contributed by atoms with Gasteiger partial charge in [-0.25, -0.2) is 9.38 Å². The monoisotopic (exact) mass is 342 g/mol. The Morgan fingerprint density at radius 3 is 2.52 bits per heavy atom. The molecule has 0 N–H and O–H groups in total. The van der Waals surface area contributed by atoms with Gasteiger partial charge in [-0.2, -0.15) is 0 Å². The van der Waals surface area contributed by atoms with Crippen LogP contribution in [0.4, 0.5) is 4.39 Å². The molecular formula is C19H19FN2O3. The fourth-order valence-corrected chi connectivity index (χ4v) is 2.21. The van der Waals surface area contributed by atoms with Gasteiger partial charge in [-0.1, -0.05) is 6.07 Å². The first kappa shape index (κ1) is 16.8. The minimum absolute atomic E-state index is 0.332. The molecule has 0 unspecified atom stereocenters. The van der Waals surface area contributed by atoms with Gasteiger partial charge in [0.05, 0.1) is 0 Å². The lowest BCUT2D eigenvalue weighted by molar-refractivity contribution is 0.185. The zero-order valence-corrected chi connectivity index (χ0v) is 13.9. The Labute approximate surface area is 146 Å². The summed E-state index contributed by atoms with van der Waals surface area (Å²) >= 11 is 0. The standard InChI is InChI=1S/C19H19FN2O3/c1-22-11-3-10-21-19(22)24-13-12-23-16-6-8-17(9-7-16)25-18-5-2-4-15(20)14-18/h2-10,14H,11-13H2,1H3. The summed E-state index contributed by atoms with van der Waals surface area (Å²) in [6.07, 6.45) is 3.68. The van der Waals surface area contributed by atoms with Gasteiger partial charge in [-0.3, -0.25) is 0 Å². The molecule has 0 saturated heterocycles. The van der Waals surface area contributed by atoms with Gasteiger partial charge in [0.2, 0.25) is 0 Å². The third kappa shape index (κ3) is 4.97. The van der Waals surface area contributed by atoms with Gasteiger partial charge in [0, 0.05) is 25.9 Å². The molecule has 1 aliphatic heterocycles. The van der Waals surface area contributed by atoms with E-state index in [1.54, 1.807) is 42.6 Å². The van der Waals surface area contributed by atoms with Crippen LogP contribution in [0.25, 0.3) is 0 Å². The average Bonchev–Trinajstić information content (AvgIpc) is 2.61. The van der Waals surface area contributed by atoms with Crippen LogP contribution >= 0.6 is 0 Å². The molecule has 0 atom stereocenters. The van der Waals surface area contributed by atoms with Crippen LogP contribution in [-0.4, -0.2) is 37.7 Å². The number of rotatable bonds is 6. The maximum atomic E-state index is 13.1. The lowest BCUT2D eigenvalue weighted by Gasteiger charge is -2.21. The number of aliphatic imine (C=N–C) groups is 1. The second-order valence-electron chi connectivity index (χ2n) is 5.40. The highest BCUT2D eigenvalue weighted by Crippen LogP contribution is 2.24. The van der Waals surface area contributed by atoms with Crippen molar-refractivity contribution >= 4 is 6.02 Å². The molecular weight excluding hydrogens is 323 g/mol. The predicted molar refractivity (Wildman–Crippen MR) is 93.6 cm³/mol. The first-order valence-electron chi connectivity index (χ1n) is 7.94. The molecule has 6 heteroatoms. The molecule has 0 aliphatic carbocycles. The average molecular weight is 342 g/mol. The summed E-state index contributed by atoms with van der Waals surface area (Å²) in [4.78, 5) is 6.07. The Balaban J connectivity index is 1.45. The molecule has 0 radical (unpaired) electrons. The van der Waals surface area contributed by atoms with E-state index in [4.69, 9.17) is 14.2 Å². The van der Waals surface area contributed by atoms with Gasteiger partial charge in [-0.15, -0.1) is 0 Å². The van der Waals surface area contributed by atoms with Gasteiger partial charge in [0.15, 0.2) is 0 Å². The summed E-state index contributed by atoms with van der Waals surface area (Å²) in [6.45, 7) is 1.59. The minimum atomic E-state index is -0.332. The number of halogens is 1. The van der Waals surface area contributed by atoms with E-state index in [1.807, 2.05) is 18.0 Å². The molecule has 0 amide bonds. The zero-order chi connectivity index (χ0) is 17.5. The molecule has 0 fully saturated rings. The van der Waals surface area contributed by atoms with Crippen molar-refractivity contribution in [3.8, 4) is 17.2 Å². The second kappa shape index (κ2) is 8.19. The van der Waals surface area contributed by atoms with Crippen molar-refractivity contribution in [2.75, 3.05) is 26.8 Å². The first-order chi connectivity index (χ1) is 12.2. The van der Waals surface area contributed by atoms with Crippen molar-refractivity contribution < 1.29 is 18.6 Å². The third-order valence-corrected chi connectivity index (χ3v) is 3.43. The van der Waals surface area contributed by atoms with E-state index >= 15 is 0 Å². The quantitative estimate of drug-likeness (QED) is 0.749. The lowest BCUT2D eigenvalue weighted by Crippen LogP contribution is -2.31. The largest absolute Gasteiger partial charge is 0.490 e. The number of hydrogen-bond acceptors (Lipinski definition) is 5. The lowest BCUT2D eigenvalue weighted by atomic mass is 10.3. The van der Waals surface area contributed by atoms with Crippen LogP contribution in [0.1, 0.15) is 0 Å². The Kier molecular flexibility index (Phi) is 5.51. The molecule has 0 bridgehead atoms. The highest BCUT2D eigenvalue weighted by atomic mass is 19.1. The summed E-state index contributed by atoms with van der Waals surface area (Å²) in [5.41, 5.74) is 0. The first-order valence-corrected chi connectivity index (χ1v) is 7.94. The van der Waals surface area contributed by atoms with Crippen molar-refractivity contribution in [1.82, 2.24) is 4.90 Å². The molecule has 1 heterocycles. The number of nitrogens with zero attached hydrogens (tertiary/aromatic N) is 2. The third-order valence-electron chi connectivity index (χ3n) is 3.43. The fraction of sp³-hybridized carbons (Fsp3) is 0.211. The summed E-state index contributed by atoms with van der Waals surface area (Å²) in [6, 6.07) is 13.7. The van der Waals surface area contributed by atoms with Gasteiger partial charge >= 0.3 is 0 Å². The van der Waals surface area contributed by atoms with E-state index in [0.29, 0.717) is 36.5 Å². The van der Waals surface area contributed by atoms with Crippen molar-refractivity contribution in [3.63, 3.8) is 0 Å². The van der Waals surface area contributed by atoms with Crippen LogP contribution in [0, 0.1) is 5.82 Å². The van der Waals surface area contributed by atoms with E-state index < -0.39 is 0 Å². The van der Waals surface area contributed by atoms with Crippen LogP contribution < -0.4 is 9.47 Å². The molecule has 2 aromatic carbocycles. The van der Waals surface area contributed by atoms with Gasteiger partial charge < -0.3 is 19.1 Å². The normalized spacial score (nSPS) is 13.4. The molecule has 0 saturated carbocycles. The number of likely N-dealkylation sites (N-methyl/N-ethyl adjacent to an activating group) is 1. The Bertz CT molecular complexity index is 760. The van der Waals surface area contributed by atoms with Gasteiger partial charge in [-0.05, 0) is 42.5 Å². The second-order valence-corrected chi connectivity index (χ2v) is 5.40. The number of hydrogen-bond donors (Lipinski definition) is 0. The van der Waals surface area contributed by atoms with Crippen molar-refractivity contribution in [1.29, 1.82) is 0 Å². The molecule has 2 aromatic rings. The van der Waals surface area contributed by atoms with Crippen LogP contribution in [-0.2, 0) is 4.74 Å². The van der Waals surface area contributed by atoms with E-state index in [1.165, 1.54) is 12.1 Å². The smallest absolute Gasteiger partial charge is 0.292 e. The van der Waals surface area contributed by atoms with E-state index in [2.05, 4.69) is 4.99 Å². The Morgan fingerprint density at radius 1 is 1.00 bits per heavy atom. The van der Waals surface area contributed by atoms with Crippen molar-refractivity contribution in [2.45, 2.75) is 0 Å². The Morgan fingerprint density at radius 2 is 1.76 bits per heavy atom. The molecule has 3 rings (SSSR count). The highest BCUT2D eigenvalue weighted by molar-refractivity contribution is 5.75. The highest BCUT2D eigenvalue weighted by Gasteiger charge is 2.08. The molecule has 5 nitrogen and oxygen atoms in total. The molecule has 0 aromatic heterocycles. The SMILES string of the molecule is CN1CC=CN=C1OCCOc1ccc(Oc2cccc(F)c2)cc1. The number of benzene rings is 2. The van der Waals surface area contributed by atoms with Gasteiger partial charge in [0.25, 0.3) is 6.02 Å². The topological polar surface area (TPSA) is 43.3 Å². The maximum absolute atomic E-state index is 13.1. The van der Waals surface area contributed by atoms with Crippen molar-refractivity contribution in [2.24, 2.45) is 4.99 Å². The minimum Gasteiger partial charge on any atom is -0.490 e. The molecule has 25 heavy (non-hydrogen) atoms. The van der Waals surface area contributed by atoms with Crippen LogP contribution in [0.5, 0.6) is 17.2 Å². The van der Waals surface area contributed by atoms with Crippen LogP contribution in [0.2, 0.25) is 0 Å². The van der Waals surface area contributed by atoms with Crippen LogP contribution in [0.15, 0.2) is 65.8 Å². The summed E-state index contributed by atoms with van der Waals surface area (Å²) in [5.74, 6) is 1.43. The Hall–Kier alpha value is -3.02. The molecule has 1 aliphatic rings. The van der Waals surface area contributed by atoms with Crippen molar-refractivity contribution in [3.05, 3.63) is 66.6 Å². The van der Waals surface area contributed by atoms with E-state index in [9.17, 15) is 4.39 Å². The maximum Gasteiger partial charge on any atom is 0.292 e. The number of amidine groups is 1. The summed E-state index contributed by atoms with van der Waals surface area (Å²) in [5, 5.41) is 0. The molecule has 0 spiro atoms. The zero-order valence-electron chi connectivity index (χ0n) is 13.9. The summed E-state index contributed by atoms with van der Waals surface area (Å²) in [7, 11) is 1.92. The molecule has 130 valence electrons. The fourth-order valence-electron chi connectivity index (χ4n) is 2.21. The van der Waals surface area contributed by atoms with Gasteiger partial charge in [0.1, 0.15) is 36.3 Å². The van der Waals surface area contributed by atoms with E-state index in [0.717, 1.165) is 6.54 Å². The van der Waals surface area contributed by atoms with Crippen LogP contribution in [0.3, 0.4) is 0 Å².